The number of aryl methyl sites for hydroxylation is 1. The second kappa shape index (κ2) is 4.93. The molecule has 0 aromatic heterocycles. The van der Waals surface area contributed by atoms with Crippen molar-refractivity contribution in [2.24, 2.45) is 0 Å². The van der Waals surface area contributed by atoms with Gasteiger partial charge in [-0.15, -0.1) is 0 Å². The summed E-state index contributed by atoms with van der Waals surface area (Å²) in [5.41, 5.74) is 1.44. The number of halogens is 1. The first-order chi connectivity index (χ1) is 5.68. The Morgan fingerprint density at radius 2 is 2.08 bits per heavy atom. The van der Waals surface area contributed by atoms with Crippen molar-refractivity contribution in [1.82, 2.24) is 0 Å². The van der Waals surface area contributed by atoms with Crippen molar-refractivity contribution in [3.63, 3.8) is 0 Å². The molecule has 1 aromatic carbocycles. The Bertz CT molecular complexity index is 245. The van der Waals surface area contributed by atoms with E-state index in [-0.39, 0.29) is 0 Å². The van der Waals surface area contributed by atoms with Gasteiger partial charge in [0.05, 0.1) is 12.5 Å². The molecular weight excluding hydrogens is 232 g/mol. The Balaban J connectivity index is 2.52. The summed E-state index contributed by atoms with van der Waals surface area (Å²) < 4.78 is 1.19. The lowest BCUT2D eigenvalue weighted by Gasteiger charge is -1.99. The largest absolute Gasteiger partial charge is 0.111 e. The minimum atomic E-state index is 0.562. The van der Waals surface area contributed by atoms with Crippen LogP contribution in [-0.2, 0) is 17.3 Å². The molecule has 0 amide bonds. The standard InChI is InChI=1S/C10H14BrS/c1-12(2)7-6-9-4-3-5-10(11)8-9/h3-5,8H,6-7H2,1-2H3/q+1. The van der Waals surface area contributed by atoms with E-state index in [0.717, 1.165) is 0 Å². The predicted molar refractivity (Wildman–Crippen MR) is 61.9 cm³/mol. The van der Waals surface area contributed by atoms with Gasteiger partial charge in [-0.2, -0.15) is 0 Å². The highest BCUT2D eigenvalue weighted by atomic mass is 79.9. The maximum atomic E-state index is 3.47. The van der Waals surface area contributed by atoms with Crippen LogP contribution < -0.4 is 0 Å². The number of hydrogen-bond donors (Lipinski definition) is 0. The summed E-state index contributed by atoms with van der Waals surface area (Å²) in [4.78, 5) is 0. The van der Waals surface area contributed by atoms with Gasteiger partial charge in [-0.25, -0.2) is 0 Å². The first kappa shape index (κ1) is 10.1. The van der Waals surface area contributed by atoms with Gasteiger partial charge in [-0.05, 0) is 28.6 Å². The molecule has 0 radical (unpaired) electrons. The van der Waals surface area contributed by atoms with Crippen LogP contribution in [-0.4, -0.2) is 18.3 Å². The molecule has 0 bridgehead atoms. The second-order valence-corrected chi connectivity index (χ2v) is 6.36. The van der Waals surface area contributed by atoms with Crippen molar-refractivity contribution < 1.29 is 0 Å². The molecule has 0 aliphatic rings. The zero-order valence-electron chi connectivity index (χ0n) is 7.51. The lowest BCUT2D eigenvalue weighted by molar-refractivity contribution is 1.15. The molecule has 1 aromatic rings. The van der Waals surface area contributed by atoms with Crippen molar-refractivity contribution in [3.05, 3.63) is 34.3 Å². The minimum absolute atomic E-state index is 0.562. The summed E-state index contributed by atoms with van der Waals surface area (Å²) in [5, 5.41) is 0. The van der Waals surface area contributed by atoms with E-state index in [1.807, 2.05) is 0 Å². The molecule has 0 unspecified atom stereocenters. The SMILES string of the molecule is C[S+](C)CCc1cccc(Br)c1. The van der Waals surface area contributed by atoms with Gasteiger partial charge in [0.15, 0.2) is 0 Å². The summed E-state index contributed by atoms with van der Waals surface area (Å²) in [5.74, 6) is 1.30. The zero-order chi connectivity index (χ0) is 8.97. The topological polar surface area (TPSA) is 0 Å². The Morgan fingerprint density at radius 3 is 2.67 bits per heavy atom. The molecule has 0 aliphatic heterocycles. The molecule has 0 N–H and O–H groups in total. The second-order valence-electron chi connectivity index (χ2n) is 3.07. The molecule has 0 saturated carbocycles. The Hall–Kier alpha value is 0.0500. The average molecular weight is 246 g/mol. The van der Waals surface area contributed by atoms with E-state index in [2.05, 4.69) is 52.7 Å². The summed E-state index contributed by atoms with van der Waals surface area (Å²) in [6.07, 6.45) is 5.78. The van der Waals surface area contributed by atoms with E-state index >= 15 is 0 Å². The maximum Gasteiger partial charge on any atom is 0.111 e. The molecule has 2 heteroatoms. The van der Waals surface area contributed by atoms with Gasteiger partial charge in [0.25, 0.3) is 0 Å². The van der Waals surface area contributed by atoms with Crippen molar-refractivity contribution in [3.8, 4) is 0 Å². The fraction of sp³-hybridized carbons (Fsp3) is 0.400. The van der Waals surface area contributed by atoms with Crippen LogP contribution in [0.4, 0.5) is 0 Å². The normalized spacial score (nSPS) is 10.7. The van der Waals surface area contributed by atoms with Crippen LogP contribution in [0.1, 0.15) is 5.56 Å². The number of rotatable bonds is 3. The third-order valence-corrected chi connectivity index (χ3v) is 3.20. The molecule has 0 spiro atoms. The van der Waals surface area contributed by atoms with Gasteiger partial charge in [0, 0.05) is 10.9 Å². The van der Waals surface area contributed by atoms with E-state index < -0.39 is 0 Å². The van der Waals surface area contributed by atoms with Crippen LogP contribution in [0, 0.1) is 0 Å². The quantitative estimate of drug-likeness (QED) is 0.719. The third-order valence-electron chi connectivity index (χ3n) is 1.69. The summed E-state index contributed by atoms with van der Waals surface area (Å²) in [6.45, 7) is 0. The highest BCUT2D eigenvalue weighted by molar-refractivity contribution is 9.10. The Kier molecular flexibility index (Phi) is 4.16. The van der Waals surface area contributed by atoms with Crippen molar-refractivity contribution in [1.29, 1.82) is 0 Å². The van der Waals surface area contributed by atoms with Crippen molar-refractivity contribution in [2.75, 3.05) is 18.3 Å². The zero-order valence-corrected chi connectivity index (χ0v) is 9.91. The molecule has 1 rings (SSSR count). The number of benzene rings is 1. The molecule has 0 heterocycles. The van der Waals surface area contributed by atoms with Gasteiger partial charge < -0.3 is 0 Å². The third kappa shape index (κ3) is 3.63. The van der Waals surface area contributed by atoms with E-state index in [4.69, 9.17) is 0 Å². The molecule has 0 aliphatic carbocycles. The molecule has 0 nitrogen and oxygen atoms in total. The van der Waals surface area contributed by atoms with E-state index in [0.29, 0.717) is 10.9 Å². The van der Waals surface area contributed by atoms with Gasteiger partial charge in [-0.1, -0.05) is 28.1 Å². The maximum absolute atomic E-state index is 3.47. The highest BCUT2D eigenvalue weighted by Gasteiger charge is 2.02. The Labute approximate surface area is 85.8 Å². The lowest BCUT2D eigenvalue weighted by Crippen LogP contribution is -2.04. The van der Waals surface area contributed by atoms with Gasteiger partial charge >= 0.3 is 0 Å². The monoisotopic (exact) mass is 245 g/mol. The lowest BCUT2D eigenvalue weighted by atomic mass is 10.2. The van der Waals surface area contributed by atoms with Gasteiger partial charge in [0.2, 0.25) is 0 Å². The van der Waals surface area contributed by atoms with E-state index in [1.54, 1.807) is 0 Å². The van der Waals surface area contributed by atoms with Crippen LogP contribution in [0.3, 0.4) is 0 Å². The summed E-state index contributed by atoms with van der Waals surface area (Å²) in [6, 6.07) is 8.56. The molecule has 66 valence electrons. The average Bonchev–Trinajstić information content (AvgIpc) is 2.01. The summed E-state index contributed by atoms with van der Waals surface area (Å²) in [7, 11) is 0.562. The smallest absolute Gasteiger partial charge is 0.0609 e. The Morgan fingerprint density at radius 1 is 1.33 bits per heavy atom. The molecule has 0 atom stereocenters. The minimum Gasteiger partial charge on any atom is -0.0609 e. The van der Waals surface area contributed by atoms with Crippen LogP contribution in [0.15, 0.2) is 28.7 Å². The first-order valence-corrected chi connectivity index (χ1v) is 6.97. The number of hydrogen-bond acceptors (Lipinski definition) is 0. The molecule has 0 saturated heterocycles. The molecule has 12 heavy (non-hydrogen) atoms. The predicted octanol–water partition coefficient (Wildman–Crippen LogP) is 2.87. The van der Waals surface area contributed by atoms with Crippen molar-refractivity contribution >= 4 is 26.8 Å². The highest BCUT2D eigenvalue weighted by Crippen LogP contribution is 2.12. The van der Waals surface area contributed by atoms with Crippen molar-refractivity contribution in [2.45, 2.75) is 6.42 Å². The fourth-order valence-corrected chi connectivity index (χ4v) is 2.11. The van der Waals surface area contributed by atoms with E-state index in [1.165, 1.54) is 22.2 Å². The summed E-state index contributed by atoms with van der Waals surface area (Å²) >= 11 is 3.47. The molecular formula is C10H14BrS+. The van der Waals surface area contributed by atoms with Crippen LogP contribution in [0.2, 0.25) is 0 Å². The van der Waals surface area contributed by atoms with Crippen LogP contribution in [0.25, 0.3) is 0 Å². The van der Waals surface area contributed by atoms with Crippen LogP contribution in [0.5, 0.6) is 0 Å². The van der Waals surface area contributed by atoms with E-state index in [9.17, 15) is 0 Å². The first-order valence-electron chi connectivity index (χ1n) is 3.97. The van der Waals surface area contributed by atoms with Crippen LogP contribution >= 0.6 is 15.9 Å². The van der Waals surface area contributed by atoms with Gasteiger partial charge in [0.1, 0.15) is 5.75 Å². The van der Waals surface area contributed by atoms with Gasteiger partial charge in [-0.3, -0.25) is 0 Å². The fourth-order valence-electron chi connectivity index (χ4n) is 1.01. The molecule has 0 fully saturated rings.